The molecule has 8 heteroatoms. The Morgan fingerprint density at radius 1 is 1.07 bits per heavy atom. The first-order valence-corrected chi connectivity index (χ1v) is 12.7. The van der Waals surface area contributed by atoms with E-state index in [0.717, 1.165) is 47.6 Å². The summed E-state index contributed by atoms with van der Waals surface area (Å²) in [7, 11) is -2.85. The van der Waals surface area contributed by atoms with Gasteiger partial charge in [0.2, 0.25) is 5.95 Å². The lowest BCUT2D eigenvalue weighted by atomic mass is 9.92. The number of rotatable bonds is 4. The number of sulfone groups is 1. The zero-order valence-electron chi connectivity index (χ0n) is 15.7. The molecule has 2 aromatic rings. The third-order valence-electron chi connectivity index (χ3n) is 5.84. The van der Waals surface area contributed by atoms with Crippen LogP contribution in [-0.4, -0.2) is 54.8 Å². The highest BCUT2D eigenvalue weighted by Gasteiger charge is 2.32. The molecule has 6 nitrogen and oxygen atoms in total. The van der Waals surface area contributed by atoms with E-state index >= 15 is 0 Å². The third kappa shape index (κ3) is 3.59. The normalized spacial score (nSPS) is 21.9. The summed E-state index contributed by atoms with van der Waals surface area (Å²) in [5, 5.41) is 3.54. The lowest BCUT2D eigenvalue weighted by Crippen LogP contribution is -2.46. The lowest BCUT2D eigenvalue weighted by Gasteiger charge is -2.40. The maximum Gasteiger partial charge on any atom is 0.227 e. The van der Waals surface area contributed by atoms with Crippen molar-refractivity contribution in [3.8, 4) is 0 Å². The van der Waals surface area contributed by atoms with E-state index in [1.807, 2.05) is 0 Å². The van der Waals surface area contributed by atoms with Crippen molar-refractivity contribution in [1.82, 2.24) is 9.97 Å². The molecule has 3 aliphatic rings. The average molecular weight is 417 g/mol. The fourth-order valence-corrected chi connectivity index (χ4v) is 6.65. The fraction of sp³-hybridized carbons (Fsp3) is 0.500. The van der Waals surface area contributed by atoms with Crippen LogP contribution in [-0.2, 0) is 16.3 Å². The Hall–Kier alpha value is -1.80. The van der Waals surface area contributed by atoms with Gasteiger partial charge in [-0.2, -0.15) is 4.98 Å². The van der Waals surface area contributed by atoms with Crippen molar-refractivity contribution in [2.75, 3.05) is 40.6 Å². The maximum atomic E-state index is 11.7. The van der Waals surface area contributed by atoms with Gasteiger partial charge in [-0.3, -0.25) is 0 Å². The number of nitrogens with one attached hydrogen (secondary N) is 1. The van der Waals surface area contributed by atoms with Crippen molar-refractivity contribution in [2.24, 2.45) is 0 Å². The largest absolute Gasteiger partial charge is 0.366 e. The van der Waals surface area contributed by atoms with Crippen molar-refractivity contribution in [3.05, 3.63) is 41.6 Å². The molecular formula is C20H24N4O2S2. The molecule has 0 atom stereocenters. The van der Waals surface area contributed by atoms with Gasteiger partial charge in [0.25, 0.3) is 0 Å². The van der Waals surface area contributed by atoms with E-state index in [1.165, 1.54) is 5.56 Å². The SMILES string of the molecule is O=S1(=O)CCC(Nc2nc(N3CC(c4ccccc4)C3)nc3c2SCC3)CC1. The second kappa shape index (κ2) is 7.22. The van der Waals surface area contributed by atoms with Crippen molar-refractivity contribution in [3.63, 3.8) is 0 Å². The summed E-state index contributed by atoms with van der Waals surface area (Å²) in [4.78, 5) is 13.1. The minimum atomic E-state index is -2.85. The molecule has 0 amide bonds. The number of fused-ring (bicyclic) bond motifs is 1. The molecule has 0 radical (unpaired) electrons. The van der Waals surface area contributed by atoms with Gasteiger partial charge in [-0.05, 0) is 18.4 Å². The Kier molecular flexibility index (Phi) is 4.71. The summed E-state index contributed by atoms with van der Waals surface area (Å²) in [5.74, 6) is 3.81. The number of aryl methyl sites for hydroxylation is 1. The second-order valence-corrected chi connectivity index (χ2v) is 11.2. The van der Waals surface area contributed by atoms with Crippen molar-refractivity contribution in [2.45, 2.75) is 36.1 Å². The first-order valence-electron chi connectivity index (χ1n) is 9.88. The van der Waals surface area contributed by atoms with Gasteiger partial charge in [0.05, 0.1) is 22.1 Å². The Labute approximate surface area is 170 Å². The summed E-state index contributed by atoms with van der Waals surface area (Å²) >= 11 is 1.80. The van der Waals surface area contributed by atoms with Gasteiger partial charge in [0, 0.05) is 37.2 Å². The molecule has 0 unspecified atom stereocenters. The van der Waals surface area contributed by atoms with Gasteiger partial charge in [-0.1, -0.05) is 30.3 Å². The number of anilines is 2. The fourth-order valence-electron chi connectivity index (χ4n) is 4.10. The number of aromatic nitrogens is 2. The predicted molar refractivity (Wildman–Crippen MR) is 113 cm³/mol. The Bertz CT molecular complexity index is 961. The first kappa shape index (κ1) is 18.2. The van der Waals surface area contributed by atoms with Gasteiger partial charge >= 0.3 is 0 Å². The number of nitrogens with zero attached hydrogens (tertiary/aromatic N) is 3. The maximum absolute atomic E-state index is 11.7. The van der Waals surface area contributed by atoms with Crippen LogP contribution in [0.25, 0.3) is 0 Å². The Balaban J connectivity index is 1.33. The molecule has 5 rings (SSSR count). The molecule has 0 saturated carbocycles. The van der Waals surface area contributed by atoms with Crippen molar-refractivity contribution in [1.29, 1.82) is 0 Å². The molecule has 2 saturated heterocycles. The zero-order chi connectivity index (χ0) is 19.1. The summed E-state index contributed by atoms with van der Waals surface area (Å²) in [6.07, 6.45) is 2.28. The average Bonchev–Trinajstić information content (AvgIpc) is 3.12. The van der Waals surface area contributed by atoms with Gasteiger partial charge < -0.3 is 10.2 Å². The van der Waals surface area contributed by atoms with E-state index in [9.17, 15) is 8.42 Å². The molecule has 1 aromatic carbocycles. The van der Waals surface area contributed by atoms with E-state index in [1.54, 1.807) is 11.8 Å². The zero-order valence-corrected chi connectivity index (χ0v) is 17.3. The van der Waals surface area contributed by atoms with Crippen molar-refractivity contribution >= 4 is 33.4 Å². The topological polar surface area (TPSA) is 75.2 Å². The number of thioether (sulfide) groups is 1. The molecule has 2 fully saturated rings. The summed E-state index contributed by atoms with van der Waals surface area (Å²) < 4.78 is 23.4. The van der Waals surface area contributed by atoms with E-state index in [2.05, 4.69) is 40.5 Å². The molecule has 0 bridgehead atoms. The van der Waals surface area contributed by atoms with Crippen LogP contribution in [0.2, 0.25) is 0 Å². The van der Waals surface area contributed by atoms with Crippen LogP contribution >= 0.6 is 11.8 Å². The molecule has 4 heterocycles. The highest BCUT2D eigenvalue weighted by atomic mass is 32.2. The Morgan fingerprint density at radius 2 is 1.82 bits per heavy atom. The lowest BCUT2D eigenvalue weighted by molar-refractivity contribution is 0.512. The van der Waals surface area contributed by atoms with E-state index in [-0.39, 0.29) is 17.5 Å². The monoisotopic (exact) mass is 416 g/mol. The summed E-state index contributed by atoms with van der Waals surface area (Å²) in [5.41, 5.74) is 2.50. The molecule has 0 spiro atoms. The smallest absolute Gasteiger partial charge is 0.227 e. The second-order valence-electron chi connectivity index (χ2n) is 7.83. The minimum absolute atomic E-state index is 0.171. The molecule has 28 heavy (non-hydrogen) atoms. The van der Waals surface area contributed by atoms with E-state index in [4.69, 9.17) is 9.97 Å². The summed E-state index contributed by atoms with van der Waals surface area (Å²) in [6.45, 7) is 1.88. The quantitative estimate of drug-likeness (QED) is 0.821. The Morgan fingerprint density at radius 3 is 2.57 bits per heavy atom. The molecule has 148 valence electrons. The molecular weight excluding hydrogens is 392 g/mol. The highest BCUT2D eigenvalue weighted by molar-refractivity contribution is 7.99. The van der Waals surface area contributed by atoms with Crippen LogP contribution < -0.4 is 10.2 Å². The third-order valence-corrected chi connectivity index (χ3v) is 8.68. The molecule has 1 aromatic heterocycles. The van der Waals surface area contributed by atoms with Gasteiger partial charge in [-0.15, -0.1) is 11.8 Å². The van der Waals surface area contributed by atoms with Crippen LogP contribution in [0.4, 0.5) is 11.8 Å². The van der Waals surface area contributed by atoms with Crippen LogP contribution in [0.3, 0.4) is 0 Å². The van der Waals surface area contributed by atoms with Crippen LogP contribution in [0.5, 0.6) is 0 Å². The minimum Gasteiger partial charge on any atom is -0.366 e. The number of benzene rings is 1. The number of hydrogen-bond donors (Lipinski definition) is 1. The van der Waals surface area contributed by atoms with Gasteiger partial charge in [0.1, 0.15) is 15.7 Å². The van der Waals surface area contributed by atoms with Crippen LogP contribution in [0.1, 0.15) is 30.0 Å². The molecule has 1 N–H and O–H groups in total. The number of hydrogen-bond acceptors (Lipinski definition) is 7. The standard InChI is InChI=1S/C20H24N4O2S2/c25-28(26)10-7-16(8-11-28)21-19-18-17(6-9-27-18)22-20(23-19)24-12-15(13-24)14-4-2-1-3-5-14/h1-5,15-16H,6-13H2,(H,21,22,23). The van der Waals surface area contributed by atoms with Gasteiger partial charge in [0.15, 0.2) is 0 Å². The molecule has 0 aliphatic carbocycles. The van der Waals surface area contributed by atoms with Crippen LogP contribution in [0, 0.1) is 0 Å². The van der Waals surface area contributed by atoms with E-state index in [0.29, 0.717) is 18.8 Å². The highest BCUT2D eigenvalue weighted by Crippen LogP contribution is 2.39. The van der Waals surface area contributed by atoms with Crippen molar-refractivity contribution < 1.29 is 8.42 Å². The summed E-state index contributed by atoms with van der Waals surface area (Å²) in [6, 6.07) is 10.8. The van der Waals surface area contributed by atoms with Crippen LogP contribution in [0.15, 0.2) is 35.2 Å². The van der Waals surface area contributed by atoms with E-state index < -0.39 is 9.84 Å². The molecule has 3 aliphatic heterocycles. The first-order chi connectivity index (χ1) is 13.6. The predicted octanol–water partition coefficient (Wildman–Crippen LogP) is 2.72. The van der Waals surface area contributed by atoms with Gasteiger partial charge in [-0.25, -0.2) is 13.4 Å².